The van der Waals surface area contributed by atoms with E-state index in [9.17, 15) is 4.79 Å². The molecule has 1 aliphatic rings. The fourth-order valence-electron chi connectivity index (χ4n) is 2.87. The summed E-state index contributed by atoms with van der Waals surface area (Å²) in [7, 11) is 0. The monoisotopic (exact) mass is 345 g/mol. The summed E-state index contributed by atoms with van der Waals surface area (Å²) in [5.74, 6) is 0.969. The van der Waals surface area contributed by atoms with Crippen molar-refractivity contribution in [1.82, 2.24) is 15.5 Å². The van der Waals surface area contributed by atoms with Gasteiger partial charge in [0.2, 0.25) is 5.91 Å². The van der Waals surface area contributed by atoms with Crippen molar-refractivity contribution in [2.75, 3.05) is 44.2 Å². The number of aliphatic imine (C=N–C) groups is 1. The normalized spacial score (nSPS) is 15.4. The molecule has 6 heteroatoms. The molecule has 1 fully saturated rings. The number of hydrogen-bond acceptors (Lipinski definition) is 3. The number of benzene rings is 1. The molecule has 0 atom stereocenters. The molecule has 1 aromatic rings. The van der Waals surface area contributed by atoms with E-state index in [1.807, 2.05) is 17.9 Å². The number of para-hydroxylation sites is 1. The Morgan fingerprint density at radius 2 is 1.84 bits per heavy atom. The van der Waals surface area contributed by atoms with Crippen LogP contribution in [0.4, 0.5) is 5.69 Å². The Bertz CT molecular complexity index is 550. The number of carbonyl (C=O) groups is 1. The van der Waals surface area contributed by atoms with Crippen molar-refractivity contribution < 1.29 is 4.79 Å². The van der Waals surface area contributed by atoms with Gasteiger partial charge < -0.3 is 20.4 Å². The molecule has 0 unspecified atom stereocenters. The zero-order chi connectivity index (χ0) is 18.1. The van der Waals surface area contributed by atoms with Gasteiger partial charge in [0.15, 0.2) is 5.96 Å². The van der Waals surface area contributed by atoms with Crippen LogP contribution in [0.2, 0.25) is 0 Å². The SMILES string of the molecule is CCNC(=NCCC(=O)N1CCN(c2ccccc2)CC1)NC(C)C. The lowest BCUT2D eigenvalue weighted by Gasteiger charge is -2.36. The Balaban J connectivity index is 1.76. The summed E-state index contributed by atoms with van der Waals surface area (Å²) >= 11 is 0. The number of nitrogens with zero attached hydrogens (tertiary/aromatic N) is 3. The van der Waals surface area contributed by atoms with Gasteiger partial charge in [-0.3, -0.25) is 9.79 Å². The Labute approximate surface area is 151 Å². The van der Waals surface area contributed by atoms with Gasteiger partial charge in [-0.1, -0.05) is 18.2 Å². The van der Waals surface area contributed by atoms with E-state index in [-0.39, 0.29) is 5.91 Å². The maximum atomic E-state index is 12.4. The Hall–Kier alpha value is -2.24. The van der Waals surface area contributed by atoms with Crippen LogP contribution in [0.5, 0.6) is 0 Å². The van der Waals surface area contributed by atoms with Gasteiger partial charge in [0.05, 0.1) is 6.54 Å². The van der Waals surface area contributed by atoms with E-state index in [0.29, 0.717) is 19.0 Å². The second-order valence-electron chi connectivity index (χ2n) is 6.51. The van der Waals surface area contributed by atoms with Crippen molar-refractivity contribution in [2.45, 2.75) is 33.2 Å². The van der Waals surface area contributed by atoms with Gasteiger partial charge in [0, 0.05) is 50.9 Å². The molecule has 1 aliphatic heterocycles. The van der Waals surface area contributed by atoms with Gasteiger partial charge in [-0.25, -0.2) is 0 Å². The molecule has 2 N–H and O–H groups in total. The van der Waals surface area contributed by atoms with E-state index in [1.54, 1.807) is 0 Å². The van der Waals surface area contributed by atoms with E-state index in [4.69, 9.17) is 0 Å². The molecule has 0 radical (unpaired) electrons. The molecular formula is C19H31N5O. The third kappa shape index (κ3) is 6.29. The lowest BCUT2D eigenvalue weighted by atomic mass is 10.2. The average molecular weight is 345 g/mol. The van der Waals surface area contributed by atoms with E-state index in [1.165, 1.54) is 5.69 Å². The number of hydrogen-bond donors (Lipinski definition) is 2. The minimum Gasteiger partial charge on any atom is -0.368 e. The Morgan fingerprint density at radius 1 is 1.16 bits per heavy atom. The molecular weight excluding hydrogens is 314 g/mol. The van der Waals surface area contributed by atoms with Crippen LogP contribution < -0.4 is 15.5 Å². The lowest BCUT2D eigenvalue weighted by Crippen LogP contribution is -2.49. The number of piperazine rings is 1. The molecule has 1 heterocycles. The zero-order valence-corrected chi connectivity index (χ0v) is 15.7. The lowest BCUT2D eigenvalue weighted by molar-refractivity contribution is -0.131. The smallest absolute Gasteiger partial charge is 0.224 e. The van der Waals surface area contributed by atoms with E-state index < -0.39 is 0 Å². The molecule has 1 amide bonds. The zero-order valence-electron chi connectivity index (χ0n) is 15.7. The van der Waals surface area contributed by atoms with Crippen molar-refractivity contribution in [1.29, 1.82) is 0 Å². The summed E-state index contributed by atoms with van der Waals surface area (Å²) in [6.45, 7) is 10.8. The first kappa shape index (κ1) is 19.1. The maximum absolute atomic E-state index is 12.4. The quantitative estimate of drug-likeness (QED) is 0.608. The standard InChI is InChI=1S/C19H31N5O/c1-4-20-19(22-16(2)3)21-11-10-18(25)24-14-12-23(13-15-24)17-8-6-5-7-9-17/h5-9,16H,4,10-15H2,1-3H3,(H2,20,21,22). The fraction of sp³-hybridized carbons (Fsp3) is 0.579. The number of anilines is 1. The summed E-state index contributed by atoms with van der Waals surface area (Å²) in [6.07, 6.45) is 0.458. The Morgan fingerprint density at radius 3 is 2.44 bits per heavy atom. The maximum Gasteiger partial charge on any atom is 0.224 e. The Kier molecular flexibility index (Phi) is 7.57. The third-order valence-corrected chi connectivity index (χ3v) is 4.12. The predicted molar refractivity (Wildman–Crippen MR) is 104 cm³/mol. The van der Waals surface area contributed by atoms with Crippen molar-refractivity contribution in [3.8, 4) is 0 Å². The molecule has 0 aromatic heterocycles. The number of amides is 1. The number of rotatable bonds is 6. The summed E-state index contributed by atoms with van der Waals surface area (Å²) in [6, 6.07) is 10.7. The van der Waals surface area contributed by atoms with Crippen molar-refractivity contribution >= 4 is 17.6 Å². The number of nitrogens with one attached hydrogen (secondary N) is 2. The molecule has 25 heavy (non-hydrogen) atoms. The molecule has 1 saturated heterocycles. The minimum absolute atomic E-state index is 0.192. The average Bonchev–Trinajstić information content (AvgIpc) is 2.62. The molecule has 0 saturated carbocycles. The summed E-state index contributed by atoms with van der Waals surface area (Å²) in [5.41, 5.74) is 1.23. The van der Waals surface area contributed by atoms with Crippen molar-refractivity contribution in [2.24, 2.45) is 4.99 Å². The van der Waals surface area contributed by atoms with Crippen LogP contribution in [0.15, 0.2) is 35.3 Å². The van der Waals surface area contributed by atoms with Crippen molar-refractivity contribution in [3.63, 3.8) is 0 Å². The molecule has 0 spiro atoms. The summed E-state index contributed by atoms with van der Waals surface area (Å²) < 4.78 is 0. The van der Waals surface area contributed by atoms with Gasteiger partial charge in [-0.15, -0.1) is 0 Å². The van der Waals surface area contributed by atoms with Gasteiger partial charge in [-0.05, 0) is 32.9 Å². The molecule has 1 aromatic carbocycles. The highest BCUT2D eigenvalue weighted by Gasteiger charge is 2.20. The predicted octanol–water partition coefficient (Wildman–Crippen LogP) is 1.69. The van der Waals surface area contributed by atoms with Crippen LogP contribution in [-0.4, -0.2) is 62.1 Å². The van der Waals surface area contributed by atoms with Gasteiger partial charge >= 0.3 is 0 Å². The molecule has 0 aliphatic carbocycles. The van der Waals surface area contributed by atoms with Crippen LogP contribution in [0.25, 0.3) is 0 Å². The molecule has 0 bridgehead atoms. The number of guanidine groups is 1. The first-order chi connectivity index (χ1) is 12.1. The first-order valence-corrected chi connectivity index (χ1v) is 9.22. The molecule has 138 valence electrons. The van der Waals surface area contributed by atoms with E-state index in [0.717, 1.165) is 38.7 Å². The fourth-order valence-corrected chi connectivity index (χ4v) is 2.87. The van der Waals surface area contributed by atoms with Gasteiger partial charge in [0.1, 0.15) is 0 Å². The largest absolute Gasteiger partial charge is 0.368 e. The molecule has 6 nitrogen and oxygen atoms in total. The van der Waals surface area contributed by atoms with Crippen LogP contribution >= 0.6 is 0 Å². The van der Waals surface area contributed by atoms with Gasteiger partial charge in [0.25, 0.3) is 0 Å². The first-order valence-electron chi connectivity index (χ1n) is 9.22. The summed E-state index contributed by atoms with van der Waals surface area (Å²) in [4.78, 5) is 21.2. The van der Waals surface area contributed by atoms with Crippen LogP contribution in [0.3, 0.4) is 0 Å². The highest BCUT2D eigenvalue weighted by atomic mass is 16.2. The second kappa shape index (κ2) is 9.91. The third-order valence-electron chi connectivity index (χ3n) is 4.12. The van der Waals surface area contributed by atoms with E-state index >= 15 is 0 Å². The van der Waals surface area contributed by atoms with Crippen LogP contribution in [-0.2, 0) is 4.79 Å². The van der Waals surface area contributed by atoms with Crippen LogP contribution in [0.1, 0.15) is 27.2 Å². The highest BCUT2D eigenvalue weighted by molar-refractivity contribution is 5.81. The van der Waals surface area contributed by atoms with Crippen LogP contribution in [0, 0.1) is 0 Å². The number of carbonyl (C=O) groups excluding carboxylic acids is 1. The highest BCUT2D eigenvalue weighted by Crippen LogP contribution is 2.15. The minimum atomic E-state index is 0.192. The molecule has 2 rings (SSSR count). The topological polar surface area (TPSA) is 60.0 Å². The van der Waals surface area contributed by atoms with Gasteiger partial charge in [-0.2, -0.15) is 0 Å². The van der Waals surface area contributed by atoms with E-state index in [2.05, 4.69) is 58.6 Å². The second-order valence-corrected chi connectivity index (χ2v) is 6.51. The summed E-state index contributed by atoms with van der Waals surface area (Å²) in [5, 5.41) is 6.46. The van der Waals surface area contributed by atoms with Crippen molar-refractivity contribution in [3.05, 3.63) is 30.3 Å².